The third-order valence-corrected chi connectivity index (χ3v) is 2.33. The fourth-order valence-electron chi connectivity index (χ4n) is 1.43. The lowest BCUT2D eigenvalue weighted by molar-refractivity contribution is 0.312. The molecular weight excluding hydrogens is 244 g/mol. The van der Waals surface area contributed by atoms with Crippen LogP contribution in [0.4, 0.5) is 11.9 Å². The van der Waals surface area contributed by atoms with Crippen LogP contribution in [0.2, 0.25) is 0 Å². The van der Waals surface area contributed by atoms with Crippen LogP contribution in [0.3, 0.4) is 0 Å². The van der Waals surface area contributed by atoms with Crippen molar-refractivity contribution in [3.05, 3.63) is 29.6 Å². The minimum absolute atomic E-state index is 0.128. The van der Waals surface area contributed by atoms with Crippen LogP contribution in [-0.2, 0) is 6.54 Å². The molecule has 0 spiro atoms. The largest absolute Gasteiger partial charge is 0.464 e. The molecule has 19 heavy (non-hydrogen) atoms. The summed E-state index contributed by atoms with van der Waals surface area (Å²) < 4.78 is 5.20. The highest BCUT2D eigenvalue weighted by Crippen LogP contribution is 2.10. The Bertz CT molecular complexity index is 542. The molecule has 0 atom stereocenters. The van der Waals surface area contributed by atoms with Crippen molar-refractivity contribution < 1.29 is 4.74 Å². The first-order valence-electron chi connectivity index (χ1n) is 5.97. The van der Waals surface area contributed by atoms with Crippen molar-refractivity contribution in [2.75, 3.05) is 17.7 Å². The van der Waals surface area contributed by atoms with E-state index < -0.39 is 0 Å². The van der Waals surface area contributed by atoms with Gasteiger partial charge in [-0.1, -0.05) is 6.07 Å². The maximum absolute atomic E-state index is 5.58. The molecule has 0 bridgehead atoms. The van der Waals surface area contributed by atoms with E-state index in [1.807, 2.05) is 26.0 Å². The predicted molar refractivity (Wildman–Crippen MR) is 71.7 cm³/mol. The molecule has 0 radical (unpaired) electrons. The molecule has 2 rings (SSSR count). The highest BCUT2D eigenvalue weighted by Gasteiger charge is 2.04. The van der Waals surface area contributed by atoms with Crippen molar-refractivity contribution >= 4 is 11.9 Å². The molecule has 0 aliphatic rings. The maximum Gasteiger partial charge on any atom is 0.323 e. The molecular formula is C12H16N6O. The quantitative estimate of drug-likeness (QED) is 0.832. The standard InChI is InChI=1S/C12H16N6O/c1-3-19-12-17-10(13)16-11(18-12)15-7-9-5-4-8(2)14-6-9/h4-6H,3,7H2,1-2H3,(H3,13,15,16,17,18). The van der Waals surface area contributed by atoms with Crippen molar-refractivity contribution in [2.24, 2.45) is 0 Å². The number of nitrogen functional groups attached to an aromatic ring is 1. The summed E-state index contributed by atoms with van der Waals surface area (Å²) in [5.41, 5.74) is 7.59. The van der Waals surface area contributed by atoms with E-state index in [1.54, 1.807) is 6.20 Å². The van der Waals surface area contributed by atoms with Gasteiger partial charge in [0.1, 0.15) is 0 Å². The van der Waals surface area contributed by atoms with Crippen LogP contribution >= 0.6 is 0 Å². The van der Waals surface area contributed by atoms with Gasteiger partial charge in [-0.2, -0.15) is 15.0 Å². The Kier molecular flexibility index (Phi) is 4.07. The Morgan fingerprint density at radius 2 is 2.11 bits per heavy atom. The van der Waals surface area contributed by atoms with E-state index in [2.05, 4.69) is 25.3 Å². The second-order valence-corrected chi connectivity index (χ2v) is 3.89. The summed E-state index contributed by atoms with van der Waals surface area (Å²) in [4.78, 5) is 16.2. The summed E-state index contributed by atoms with van der Waals surface area (Å²) in [6, 6.07) is 4.16. The predicted octanol–water partition coefficient (Wildman–Crippen LogP) is 1.17. The number of nitrogens with zero attached hydrogens (tertiary/aromatic N) is 4. The van der Waals surface area contributed by atoms with Gasteiger partial charge in [0.05, 0.1) is 6.61 Å². The molecule has 0 aliphatic heterocycles. The fraction of sp³-hybridized carbons (Fsp3) is 0.333. The van der Waals surface area contributed by atoms with Crippen molar-refractivity contribution in [1.29, 1.82) is 0 Å². The summed E-state index contributed by atoms with van der Waals surface area (Å²) in [6.07, 6.45) is 1.80. The summed E-state index contributed by atoms with van der Waals surface area (Å²) in [6.45, 7) is 4.83. The topological polar surface area (TPSA) is 98.8 Å². The average Bonchev–Trinajstić information content (AvgIpc) is 2.38. The zero-order valence-corrected chi connectivity index (χ0v) is 10.9. The van der Waals surface area contributed by atoms with Gasteiger partial charge in [-0.25, -0.2) is 0 Å². The molecule has 0 unspecified atom stereocenters. The van der Waals surface area contributed by atoms with Gasteiger partial charge < -0.3 is 15.8 Å². The van der Waals surface area contributed by atoms with Crippen LogP contribution in [0.15, 0.2) is 18.3 Å². The van der Waals surface area contributed by atoms with E-state index in [-0.39, 0.29) is 12.0 Å². The van der Waals surface area contributed by atoms with Gasteiger partial charge in [0.25, 0.3) is 0 Å². The van der Waals surface area contributed by atoms with Crippen molar-refractivity contribution in [3.63, 3.8) is 0 Å². The minimum Gasteiger partial charge on any atom is -0.464 e. The average molecular weight is 260 g/mol. The molecule has 0 saturated carbocycles. The van der Waals surface area contributed by atoms with Crippen LogP contribution in [0, 0.1) is 6.92 Å². The Labute approximate surface area is 111 Å². The number of pyridine rings is 1. The van der Waals surface area contributed by atoms with Gasteiger partial charge in [0.2, 0.25) is 11.9 Å². The zero-order chi connectivity index (χ0) is 13.7. The summed E-state index contributed by atoms with van der Waals surface area (Å²) in [5, 5.41) is 3.06. The number of aromatic nitrogens is 4. The molecule has 0 aromatic carbocycles. The van der Waals surface area contributed by atoms with E-state index in [4.69, 9.17) is 10.5 Å². The highest BCUT2D eigenvalue weighted by atomic mass is 16.5. The molecule has 0 fully saturated rings. The second kappa shape index (κ2) is 5.94. The monoisotopic (exact) mass is 260 g/mol. The SMILES string of the molecule is CCOc1nc(N)nc(NCc2ccc(C)nc2)n1. The molecule has 3 N–H and O–H groups in total. The van der Waals surface area contributed by atoms with E-state index in [0.717, 1.165) is 11.3 Å². The van der Waals surface area contributed by atoms with Crippen LogP contribution < -0.4 is 15.8 Å². The third kappa shape index (κ3) is 3.77. The third-order valence-electron chi connectivity index (χ3n) is 2.33. The molecule has 7 heteroatoms. The number of anilines is 2. The van der Waals surface area contributed by atoms with Gasteiger partial charge in [-0.05, 0) is 25.5 Å². The van der Waals surface area contributed by atoms with Gasteiger partial charge in [0.15, 0.2) is 0 Å². The first kappa shape index (κ1) is 13.0. The van der Waals surface area contributed by atoms with Crippen molar-refractivity contribution in [2.45, 2.75) is 20.4 Å². The lowest BCUT2D eigenvalue weighted by Crippen LogP contribution is -2.09. The Morgan fingerprint density at radius 1 is 1.26 bits per heavy atom. The second-order valence-electron chi connectivity index (χ2n) is 3.89. The van der Waals surface area contributed by atoms with Gasteiger partial charge in [-0.3, -0.25) is 4.98 Å². The zero-order valence-electron chi connectivity index (χ0n) is 10.9. The fourth-order valence-corrected chi connectivity index (χ4v) is 1.43. The van der Waals surface area contributed by atoms with Crippen molar-refractivity contribution in [1.82, 2.24) is 19.9 Å². The lowest BCUT2D eigenvalue weighted by atomic mass is 10.2. The molecule has 100 valence electrons. The normalized spacial score (nSPS) is 10.2. The van der Waals surface area contributed by atoms with E-state index >= 15 is 0 Å². The number of nitrogens with one attached hydrogen (secondary N) is 1. The smallest absolute Gasteiger partial charge is 0.323 e. The Hall–Kier alpha value is -2.44. The number of hydrogen-bond donors (Lipinski definition) is 2. The Balaban J connectivity index is 2.04. The summed E-state index contributed by atoms with van der Waals surface area (Å²) >= 11 is 0. The van der Waals surface area contributed by atoms with E-state index in [9.17, 15) is 0 Å². The van der Waals surface area contributed by atoms with Crippen LogP contribution in [-0.4, -0.2) is 26.5 Å². The molecule has 2 heterocycles. The number of aryl methyl sites for hydroxylation is 1. The summed E-state index contributed by atoms with van der Waals surface area (Å²) in [5.74, 6) is 0.513. The minimum atomic E-state index is 0.128. The molecule has 2 aromatic rings. The van der Waals surface area contributed by atoms with Gasteiger partial charge >= 0.3 is 6.01 Å². The molecule has 0 amide bonds. The molecule has 0 saturated heterocycles. The molecule has 2 aromatic heterocycles. The lowest BCUT2D eigenvalue weighted by Gasteiger charge is -2.07. The van der Waals surface area contributed by atoms with Crippen LogP contribution in [0.5, 0.6) is 6.01 Å². The first-order valence-corrected chi connectivity index (χ1v) is 5.97. The Morgan fingerprint density at radius 3 is 2.79 bits per heavy atom. The number of nitrogens with two attached hydrogens (primary N) is 1. The van der Waals surface area contributed by atoms with Gasteiger partial charge in [-0.15, -0.1) is 0 Å². The van der Waals surface area contributed by atoms with Crippen LogP contribution in [0.25, 0.3) is 0 Å². The summed E-state index contributed by atoms with van der Waals surface area (Å²) in [7, 11) is 0. The number of ether oxygens (including phenoxy) is 1. The first-order chi connectivity index (χ1) is 9.17. The molecule has 0 aliphatic carbocycles. The van der Waals surface area contributed by atoms with Crippen LogP contribution in [0.1, 0.15) is 18.2 Å². The number of rotatable bonds is 5. The maximum atomic E-state index is 5.58. The highest BCUT2D eigenvalue weighted by molar-refractivity contribution is 5.33. The van der Waals surface area contributed by atoms with E-state index in [0.29, 0.717) is 19.1 Å². The van der Waals surface area contributed by atoms with E-state index in [1.165, 1.54) is 0 Å². The molecule has 7 nitrogen and oxygen atoms in total. The number of hydrogen-bond acceptors (Lipinski definition) is 7. The van der Waals surface area contributed by atoms with Crippen molar-refractivity contribution in [3.8, 4) is 6.01 Å². The van der Waals surface area contributed by atoms with Gasteiger partial charge in [0, 0.05) is 18.4 Å².